The molecule has 0 radical (unpaired) electrons. The van der Waals surface area contributed by atoms with Crippen LogP contribution in [-0.2, 0) is 35.2 Å². The molecule has 50 heavy (non-hydrogen) atoms. The molecule has 1 heterocycles. The van der Waals surface area contributed by atoms with E-state index in [4.69, 9.17) is 21.3 Å². The number of imide groups is 1. The molecule has 2 aromatic rings. The van der Waals surface area contributed by atoms with Gasteiger partial charge >= 0.3 is 11.9 Å². The molecule has 3 rings (SSSR count). The van der Waals surface area contributed by atoms with Gasteiger partial charge in [0.05, 0.1) is 19.1 Å². The van der Waals surface area contributed by atoms with Crippen molar-refractivity contribution in [2.75, 3.05) is 6.61 Å². The van der Waals surface area contributed by atoms with Crippen LogP contribution in [0, 0.1) is 5.92 Å². The summed E-state index contributed by atoms with van der Waals surface area (Å²) >= 11 is 0. The zero-order valence-corrected chi connectivity index (χ0v) is 28.5. The summed E-state index contributed by atoms with van der Waals surface area (Å²) in [6.07, 6.45) is 0.134. The summed E-state index contributed by atoms with van der Waals surface area (Å²) in [6, 6.07) is 5.96. The number of fused-ring (bicyclic) bond motifs is 1. The van der Waals surface area contributed by atoms with E-state index < -0.39 is 78.0 Å². The maximum atomic E-state index is 12.9. The molecule has 9 N–H and O–H groups in total. The third-order valence-electron chi connectivity index (χ3n) is 7.88. The van der Waals surface area contributed by atoms with E-state index in [2.05, 4.69) is 17.6 Å². The molecule has 272 valence electrons. The monoisotopic (exact) mass is 699 g/mol. The van der Waals surface area contributed by atoms with Gasteiger partial charge in [-0.25, -0.2) is 4.79 Å². The number of benzene rings is 2. The summed E-state index contributed by atoms with van der Waals surface area (Å²) in [6.45, 7) is 8.25. The number of phenols is 1. The lowest BCUT2D eigenvalue weighted by molar-refractivity contribution is -0.160. The summed E-state index contributed by atoms with van der Waals surface area (Å²) in [5, 5.41) is 32.5. The van der Waals surface area contributed by atoms with Gasteiger partial charge < -0.3 is 42.2 Å². The zero-order chi connectivity index (χ0) is 37.9. The lowest BCUT2D eigenvalue weighted by atomic mass is 9.94. The fourth-order valence-corrected chi connectivity index (χ4v) is 5.05. The fraction of sp³-hybridized carbons (Fsp3) is 0.441. The Labute approximate surface area is 289 Å². The lowest BCUT2D eigenvalue weighted by Gasteiger charge is -2.29. The highest BCUT2D eigenvalue weighted by Crippen LogP contribution is 2.33. The van der Waals surface area contributed by atoms with Gasteiger partial charge in [0.2, 0.25) is 23.6 Å². The SMILES string of the molecule is CC(=O)N(C(=O)[C@H](C)NC(=O)[C@@H](NC(=O)[C@@H](N)Cc1ccc(O)cc1)C(C)C)[C@@H](CC(=O)O)C(=O)O.CC1CCOc2cc(C(N)=O)ccc21. The largest absolute Gasteiger partial charge is 0.508 e. The second kappa shape index (κ2) is 18.3. The first-order valence-corrected chi connectivity index (χ1v) is 15.8. The molecule has 0 saturated carbocycles. The number of phenolic OH excluding ortho intramolecular Hbond substituents is 1. The van der Waals surface area contributed by atoms with Gasteiger partial charge in [-0.2, -0.15) is 0 Å². The molecule has 0 aliphatic carbocycles. The van der Waals surface area contributed by atoms with Crippen LogP contribution in [0.1, 0.15) is 74.9 Å². The molecule has 1 unspecified atom stereocenters. The molecule has 0 aromatic heterocycles. The number of carboxylic acid groups (broad SMARTS) is 2. The van der Waals surface area contributed by atoms with Crippen molar-refractivity contribution in [2.24, 2.45) is 17.4 Å². The Morgan fingerprint density at radius 3 is 2.10 bits per heavy atom. The second-order valence-corrected chi connectivity index (χ2v) is 12.3. The number of nitrogens with zero attached hydrogens (tertiary/aromatic N) is 1. The average Bonchev–Trinajstić information content (AvgIpc) is 3.03. The van der Waals surface area contributed by atoms with Crippen LogP contribution < -0.4 is 26.8 Å². The van der Waals surface area contributed by atoms with Crippen LogP contribution in [0.4, 0.5) is 0 Å². The molecule has 0 spiro atoms. The van der Waals surface area contributed by atoms with E-state index in [1.54, 1.807) is 38.1 Å². The smallest absolute Gasteiger partial charge is 0.327 e. The van der Waals surface area contributed by atoms with E-state index in [-0.39, 0.29) is 17.1 Å². The standard InChI is InChI=1S/C23H32N4O9.C11H13NO2/c1-11(2)19(26-20(32)16(24)9-14-5-7-15(29)8-6-14)21(33)25-12(3)22(34)27(13(4)28)17(23(35)36)10-18(30)31;1-7-4-5-14-10-6-8(11(12)13)2-3-9(7)10/h5-8,11-12,16-17,19,29H,9-10,24H2,1-4H3,(H,25,33)(H,26,32)(H,30,31)(H,35,36);2-3,6-7H,4-5H2,1H3,(H2,12,13)/t12-,16-,17-,19-;/m0./s1. The minimum atomic E-state index is -1.97. The van der Waals surface area contributed by atoms with E-state index >= 15 is 0 Å². The molecule has 1 aliphatic rings. The molecule has 16 heteroatoms. The van der Waals surface area contributed by atoms with Crippen LogP contribution >= 0.6 is 0 Å². The van der Waals surface area contributed by atoms with Crippen molar-refractivity contribution in [3.05, 3.63) is 59.2 Å². The average molecular weight is 700 g/mol. The Morgan fingerprint density at radius 1 is 0.960 bits per heavy atom. The maximum absolute atomic E-state index is 12.9. The van der Waals surface area contributed by atoms with Gasteiger partial charge in [-0.3, -0.25) is 33.7 Å². The fourth-order valence-electron chi connectivity index (χ4n) is 5.05. The summed E-state index contributed by atoms with van der Waals surface area (Å²) < 4.78 is 5.48. The molecule has 5 atom stereocenters. The third kappa shape index (κ3) is 11.6. The van der Waals surface area contributed by atoms with E-state index in [1.807, 2.05) is 6.07 Å². The Balaban J connectivity index is 0.000000508. The minimum Gasteiger partial charge on any atom is -0.508 e. The van der Waals surface area contributed by atoms with Crippen molar-refractivity contribution in [2.45, 2.75) is 84.0 Å². The number of ether oxygens (including phenoxy) is 1. The van der Waals surface area contributed by atoms with Crippen molar-refractivity contribution >= 4 is 41.5 Å². The van der Waals surface area contributed by atoms with Crippen molar-refractivity contribution in [1.29, 1.82) is 0 Å². The van der Waals surface area contributed by atoms with Crippen molar-refractivity contribution < 1.29 is 53.6 Å². The van der Waals surface area contributed by atoms with Crippen molar-refractivity contribution in [1.82, 2.24) is 15.5 Å². The van der Waals surface area contributed by atoms with Crippen LogP contribution in [0.25, 0.3) is 0 Å². The second-order valence-electron chi connectivity index (χ2n) is 12.3. The number of amides is 5. The Bertz CT molecular complexity index is 1580. The molecule has 16 nitrogen and oxygen atoms in total. The maximum Gasteiger partial charge on any atom is 0.327 e. The summed E-state index contributed by atoms with van der Waals surface area (Å²) in [5.41, 5.74) is 13.5. The highest BCUT2D eigenvalue weighted by atomic mass is 16.5. The predicted molar refractivity (Wildman–Crippen MR) is 179 cm³/mol. The third-order valence-corrected chi connectivity index (χ3v) is 7.88. The first-order valence-electron chi connectivity index (χ1n) is 15.8. The van der Waals surface area contributed by atoms with E-state index in [9.17, 15) is 43.8 Å². The van der Waals surface area contributed by atoms with Gasteiger partial charge in [-0.1, -0.05) is 39.0 Å². The molecule has 0 fully saturated rings. The number of aliphatic carboxylic acids is 2. The molecular formula is C34H45N5O11. The number of hydrogen-bond donors (Lipinski definition) is 7. The first kappa shape index (κ1) is 40.7. The minimum absolute atomic E-state index is 0.0537. The number of carbonyl (C=O) groups is 7. The molecule has 1 aliphatic heterocycles. The summed E-state index contributed by atoms with van der Waals surface area (Å²) in [5.74, 6) is -6.30. The lowest BCUT2D eigenvalue weighted by Crippen LogP contribution is -2.59. The molecule has 2 aromatic carbocycles. The van der Waals surface area contributed by atoms with Gasteiger partial charge in [-0.05, 0) is 67.0 Å². The van der Waals surface area contributed by atoms with E-state index in [0.29, 0.717) is 17.0 Å². The Hall–Kier alpha value is -5.51. The summed E-state index contributed by atoms with van der Waals surface area (Å²) in [4.78, 5) is 84.0. The van der Waals surface area contributed by atoms with E-state index in [1.165, 1.54) is 24.6 Å². The number of hydrogen-bond acceptors (Lipinski definition) is 10. The topological polar surface area (TPSA) is 269 Å². The van der Waals surface area contributed by atoms with Gasteiger partial charge in [0.25, 0.3) is 5.91 Å². The van der Waals surface area contributed by atoms with E-state index in [0.717, 1.165) is 25.7 Å². The first-order chi connectivity index (χ1) is 23.3. The molecular weight excluding hydrogens is 654 g/mol. The number of rotatable bonds is 13. The number of carbonyl (C=O) groups excluding carboxylic acids is 5. The van der Waals surface area contributed by atoms with Crippen LogP contribution in [0.3, 0.4) is 0 Å². The van der Waals surface area contributed by atoms with Crippen LogP contribution in [-0.4, -0.2) is 92.5 Å². The normalized spacial score (nSPS) is 15.7. The highest BCUT2D eigenvalue weighted by molar-refractivity contribution is 6.03. The quantitative estimate of drug-likeness (QED) is 0.154. The number of carboxylic acids is 2. The van der Waals surface area contributed by atoms with Crippen molar-refractivity contribution in [3.8, 4) is 11.5 Å². The molecule has 0 saturated heterocycles. The Morgan fingerprint density at radius 2 is 1.58 bits per heavy atom. The number of nitrogens with one attached hydrogen (secondary N) is 2. The highest BCUT2D eigenvalue weighted by Gasteiger charge is 2.38. The molecule has 0 bridgehead atoms. The van der Waals surface area contributed by atoms with Gasteiger partial charge in [-0.15, -0.1) is 0 Å². The Kier molecular flexibility index (Phi) is 14.9. The predicted octanol–water partition coefficient (Wildman–Crippen LogP) is 0.882. The zero-order valence-electron chi connectivity index (χ0n) is 28.5. The van der Waals surface area contributed by atoms with Gasteiger partial charge in [0.1, 0.15) is 29.6 Å². The number of nitrogens with two attached hydrogens (primary N) is 2. The summed E-state index contributed by atoms with van der Waals surface area (Å²) in [7, 11) is 0. The van der Waals surface area contributed by atoms with Crippen LogP contribution in [0.2, 0.25) is 0 Å². The van der Waals surface area contributed by atoms with Gasteiger partial charge in [0.15, 0.2) is 0 Å². The van der Waals surface area contributed by atoms with Crippen molar-refractivity contribution in [3.63, 3.8) is 0 Å². The molecule has 5 amide bonds. The van der Waals surface area contributed by atoms with Gasteiger partial charge in [0, 0.05) is 12.5 Å². The number of primary amides is 1. The van der Waals surface area contributed by atoms with Crippen LogP contribution in [0.5, 0.6) is 11.5 Å². The van der Waals surface area contributed by atoms with Crippen LogP contribution in [0.15, 0.2) is 42.5 Å². The number of aromatic hydroxyl groups is 1.